The Hall–Kier alpha value is -1.95. The van der Waals surface area contributed by atoms with Gasteiger partial charge >= 0.3 is 6.18 Å². The maximum atomic E-state index is 13.8. The lowest BCUT2D eigenvalue weighted by Gasteiger charge is -2.19. The van der Waals surface area contributed by atoms with Crippen LogP contribution in [0.4, 0.5) is 22.0 Å². The first-order valence-corrected chi connectivity index (χ1v) is 6.13. The molecule has 2 aromatic rings. The Kier molecular flexibility index (Phi) is 4.27. The molecular weight excluding hydrogens is 289 g/mol. The lowest BCUT2D eigenvalue weighted by molar-refractivity contribution is -0.137. The molecule has 0 aliphatic carbocycles. The summed E-state index contributed by atoms with van der Waals surface area (Å²) in [4.78, 5) is 0. The summed E-state index contributed by atoms with van der Waals surface area (Å²) >= 11 is 0. The van der Waals surface area contributed by atoms with Gasteiger partial charge in [-0.25, -0.2) is 8.78 Å². The topological polar surface area (TPSA) is 12.0 Å². The van der Waals surface area contributed by atoms with Gasteiger partial charge in [0.2, 0.25) is 0 Å². The van der Waals surface area contributed by atoms with Gasteiger partial charge in [-0.1, -0.05) is 18.2 Å². The van der Waals surface area contributed by atoms with Crippen molar-refractivity contribution in [1.82, 2.24) is 5.32 Å². The molecule has 0 aliphatic rings. The normalized spacial score (nSPS) is 13.2. The molecular formula is C15H12F5N. The van der Waals surface area contributed by atoms with Crippen LogP contribution in [0.5, 0.6) is 0 Å². The summed E-state index contributed by atoms with van der Waals surface area (Å²) in [6, 6.07) is 6.72. The van der Waals surface area contributed by atoms with Gasteiger partial charge in [-0.2, -0.15) is 13.2 Å². The van der Waals surface area contributed by atoms with E-state index < -0.39 is 29.4 Å². The first-order valence-electron chi connectivity index (χ1n) is 6.13. The molecule has 6 heteroatoms. The summed E-state index contributed by atoms with van der Waals surface area (Å²) < 4.78 is 65.8. The van der Waals surface area contributed by atoms with E-state index in [9.17, 15) is 22.0 Å². The predicted molar refractivity (Wildman–Crippen MR) is 68.7 cm³/mol. The van der Waals surface area contributed by atoms with Gasteiger partial charge in [0.05, 0.1) is 11.6 Å². The summed E-state index contributed by atoms with van der Waals surface area (Å²) in [5.74, 6) is -1.63. The van der Waals surface area contributed by atoms with E-state index in [0.29, 0.717) is 0 Å². The zero-order chi connectivity index (χ0) is 15.6. The molecule has 0 radical (unpaired) electrons. The fourth-order valence-corrected chi connectivity index (χ4v) is 2.16. The lowest BCUT2D eigenvalue weighted by atomic mass is 9.96. The number of hydrogen-bond acceptors (Lipinski definition) is 1. The summed E-state index contributed by atoms with van der Waals surface area (Å²) in [5, 5.41) is 2.65. The number of nitrogens with one attached hydrogen (secondary N) is 1. The van der Waals surface area contributed by atoms with Crippen molar-refractivity contribution in [1.29, 1.82) is 0 Å². The number of alkyl halides is 3. The van der Waals surface area contributed by atoms with Crippen molar-refractivity contribution in [3.05, 3.63) is 70.8 Å². The first-order chi connectivity index (χ1) is 9.84. The van der Waals surface area contributed by atoms with Crippen molar-refractivity contribution < 1.29 is 22.0 Å². The molecule has 2 aromatic carbocycles. The molecule has 0 aliphatic heterocycles. The average Bonchev–Trinajstić information content (AvgIpc) is 2.42. The Morgan fingerprint density at radius 1 is 0.952 bits per heavy atom. The van der Waals surface area contributed by atoms with Gasteiger partial charge in [-0.05, 0) is 36.9 Å². The highest BCUT2D eigenvalue weighted by Gasteiger charge is 2.31. The largest absolute Gasteiger partial charge is 0.416 e. The number of benzene rings is 2. The third-order valence-corrected chi connectivity index (χ3v) is 3.12. The van der Waals surface area contributed by atoms with Crippen LogP contribution in [0.15, 0.2) is 42.5 Å². The second-order valence-electron chi connectivity index (χ2n) is 4.48. The molecule has 112 valence electrons. The lowest BCUT2D eigenvalue weighted by Crippen LogP contribution is -2.21. The molecule has 1 nitrogen and oxygen atoms in total. The van der Waals surface area contributed by atoms with Crippen LogP contribution in [0.1, 0.15) is 22.7 Å². The second kappa shape index (κ2) is 5.81. The van der Waals surface area contributed by atoms with E-state index in [4.69, 9.17) is 0 Å². The van der Waals surface area contributed by atoms with Gasteiger partial charge < -0.3 is 5.32 Å². The number of rotatable bonds is 3. The smallest absolute Gasteiger partial charge is 0.309 e. The molecule has 1 atom stereocenters. The zero-order valence-electron chi connectivity index (χ0n) is 11.0. The van der Waals surface area contributed by atoms with Crippen molar-refractivity contribution in [3.8, 4) is 0 Å². The van der Waals surface area contributed by atoms with E-state index in [0.717, 1.165) is 24.3 Å². The highest BCUT2D eigenvalue weighted by Crippen LogP contribution is 2.33. The molecule has 0 heterocycles. The number of hydrogen-bond donors (Lipinski definition) is 1. The number of halogens is 5. The van der Waals surface area contributed by atoms with Crippen LogP contribution in [0.3, 0.4) is 0 Å². The molecule has 1 N–H and O–H groups in total. The molecule has 0 saturated carbocycles. The van der Waals surface area contributed by atoms with E-state index in [2.05, 4.69) is 5.32 Å². The van der Waals surface area contributed by atoms with Crippen molar-refractivity contribution in [3.63, 3.8) is 0 Å². The highest BCUT2D eigenvalue weighted by atomic mass is 19.4. The van der Waals surface area contributed by atoms with Gasteiger partial charge in [-0.3, -0.25) is 0 Å². The molecule has 0 spiro atoms. The van der Waals surface area contributed by atoms with Crippen LogP contribution in [0.25, 0.3) is 0 Å². The molecule has 0 aromatic heterocycles. The Labute approximate surface area is 118 Å². The maximum absolute atomic E-state index is 13.8. The van der Waals surface area contributed by atoms with Crippen LogP contribution in [0.2, 0.25) is 0 Å². The average molecular weight is 301 g/mol. The van der Waals surface area contributed by atoms with Crippen LogP contribution in [0, 0.1) is 11.6 Å². The third-order valence-electron chi connectivity index (χ3n) is 3.12. The van der Waals surface area contributed by atoms with Crippen molar-refractivity contribution in [2.24, 2.45) is 0 Å². The summed E-state index contributed by atoms with van der Waals surface area (Å²) in [6.07, 6.45) is -4.51. The molecule has 0 saturated heterocycles. The van der Waals surface area contributed by atoms with Crippen LogP contribution >= 0.6 is 0 Å². The molecule has 21 heavy (non-hydrogen) atoms. The van der Waals surface area contributed by atoms with E-state index in [1.165, 1.54) is 25.2 Å². The highest BCUT2D eigenvalue weighted by molar-refractivity contribution is 5.36. The van der Waals surface area contributed by atoms with Crippen LogP contribution < -0.4 is 5.32 Å². The molecule has 0 fully saturated rings. The zero-order valence-corrected chi connectivity index (χ0v) is 11.0. The monoisotopic (exact) mass is 301 g/mol. The first kappa shape index (κ1) is 15.4. The van der Waals surface area contributed by atoms with E-state index in [1.807, 2.05) is 0 Å². The van der Waals surface area contributed by atoms with E-state index >= 15 is 0 Å². The summed E-state index contributed by atoms with van der Waals surface area (Å²) in [6.45, 7) is 0. The minimum Gasteiger partial charge on any atom is -0.309 e. The third kappa shape index (κ3) is 3.21. The Morgan fingerprint density at radius 3 is 2.05 bits per heavy atom. The van der Waals surface area contributed by atoms with Gasteiger partial charge in [0, 0.05) is 5.56 Å². The van der Waals surface area contributed by atoms with Crippen molar-refractivity contribution in [2.75, 3.05) is 7.05 Å². The Bertz CT molecular complexity index is 616. The van der Waals surface area contributed by atoms with E-state index in [1.54, 1.807) is 0 Å². The van der Waals surface area contributed by atoms with Gasteiger partial charge in [0.1, 0.15) is 11.6 Å². The van der Waals surface area contributed by atoms with Gasteiger partial charge in [0.15, 0.2) is 0 Å². The fraction of sp³-hybridized carbons (Fsp3) is 0.200. The predicted octanol–water partition coefficient (Wildman–Crippen LogP) is 4.29. The van der Waals surface area contributed by atoms with Crippen LogP contribution in [-0.2, 0) is 6.18 Å². The molecule has 2 rings (SSSR count). The summed E-state index contributed by atoms with van der Waals surface area (Å²) in [7, 11) is 1.43. The minimum atomic E-state index is -4.51. The molecule has 1 unspecified atom stereocenters. The van der Waals surface area contributed by atoms with Crippen molar-refractivity contribution >= 4 is 0 Å². The van der Waals surface area contributed by atoms with E-state index in [-0.39, 0.29) is 11.1 Å². The second-order valence-corrected chi connectivity index (χ2v) is 4.48. The molecule has 0 bridgehead atoms. The van der Waals surface area contributed by atoms with Gasteiger partial charge in [-0.15, -0.1) is 0 Å². The fourth-order valence-electron chi connectivity index (χ4n) is 2.16. The SMILES string of the molecule is CNC(c1cccc(C(F)(F)F)c1)c1c(F)cccc1F. The van der Waals surface area contributed by atoms with Crippen LogP contribution in [-0.4, -0.2) is 7.05 Å². The molecule has 0 amide bonds. The Balaban J connectivity index is 2.52. The Morgan fingerprint density at radius 2 is 1.52 bits per heavy atom. The van der Waals surface area contributed by atoms with Crippen molar-refractivity contribution in [2.45, 2.75) is 12.2 Å². The standard InChI is InChI=1S/C15H12F5N/c1-21-14(13-11(16)6-3-7-12(13)17)9-4-2-5-10(8-9)15(18,19)20/h2-8,14,21H,1H3. The maximum Gasteiger partial charge on any atom is 0.416 e. The summed E-state index contributed by atoms with van der Waals surface area (Å²) in [5.41, 5.74) is -1.03. The van der Waals surface area contributed by atoms with Gasteiger partial charge in [0.25, 0.3) is 0 Å². The quantitative estimate of drug-likeness (QED) is 0.834. The minimum absolute atomic E-state index is 0.135.